The molecule has 1 aliphatic rings. The van der Waals surface area contributed by atoms with E-state index in [-0.39, 0.29) is 23.3 Å². The van der Waals surface area contributed by atoms with Crippen molar-refractivity contribution in [2.75, 3.05) is 22.8 Å². The topological polar surface area (TPSA) is 75.7 Å². The summed E-state index contributed by atoms with van der Waals surface area (Å²) in [6, 6.07) is 8.37. The van der Waals surface area contributed by atoms with Crippen molar-refractivity contribution in [2.24, 2.45) is 11.3 Å². The monoisotopic (exact) mass is 434 g/mol. The van der Waals surface area contributed by atoms with E-state index in [0.29, 0.717) is 29.2 Å². The number of hydrogen-bond donors (Lipinski definition) is 1. The van der Waals surface area contributed by atoms with Crippen LogP contribution in [0.1, 0.15) is 33.3 Å². The van der Waals surface area contributed by atoms with Gasteiger partial charge in [-0.25, -0.2) is 12.8 Å². The minimum atomic E-state index is -3.93. The van der Waals surface area contributed by atoms with Gasteiger partial charge in [-0.05, 0) is 68.7 Å². The van der Waals surface area contributed by atoms with Crippen LogP contribution in [0.2, 0.25) is 0 Å². The van der Waals surface area contributed by atoms with Crippen LogP contribution >= 0.6 is 0 Å². The van der Waals surface area contributed by atoms with Crippen molar-refractivity contribution >= 4 is 27.3 Å². The minimum absolute atomic E-state index is 0.00802. The highest BCUT2D eigenvalue weighted by molar-refractivity contribution is 7.92. The molecule has 3 rings (SSSR count). The SMILES string of the molecule is Cc1cc(F)ccc1S(=O)(=O)Nc1ccc2c(c1)N(CC(C)C)C(=O)C(C)(C)CO2. The van der Waals surface area contributed by atoms with Gasteiger partial charge in [-0.1, -0.05) is 13.8 Å². The number of nitrogens with zero attached hydrogens (tertiary/aromatic N) is 1. The lowest BCUT2D eigenvalue weighted by atomic mass is 9.92. The summed E-state index contributed by atoms with van der Waals surface area (Å²) in [5.41, 5.74) is 0.412. The Balaban J connectivity index is 2.01. The average molecular weight is 435 g/mol. The van der Waals surface area contributed by atoms with Crippen molar-refractivity contribution < 1.29 is 22.3 Å². The number of benzene rings is 2. The molecular formula is C22H27FN2O4S. The molecule has 0 bridgehead atoms. The molecule has 30 heavy (non-hydrogen) atoms. The second-order valence-electron chi connectivity index (χ2n) is 8.68. The van der Waals surface area contributed by atoms with Gasteiger partial charge < -0.3 is 9.64 Å². The molecule has 0 saturated heterocycles. The van der Waals surface area contributed by atoms with Crippen molar-refractivity contribution in [1.82, 2.24) is 0 Å². The Morgan fingerprint density at radius 3 is 2.53 bits per heavy atom. The van der Waals surface area contributed by atoms with Crippen LogP contribution in [0.4, 0.5) is 15.8 Å². The Morgan fingerprint density at radius 2 is 1.90 bits per heavy atom. The molecule has 162 valence electrons. The second kappa shape index (κ2) is 7.91. The molecule has 0 unspecified atom stereocenters. The summed E-state index contributed by atoms with van der Waals surface area (Å²) >= 11 is 0. The van der Waals surface area contributed by atoms with Crippen molar-refractivity contribution in [3.63, 3.8) is 0 Å². The number of nitrogens with one attached hydrogen (secondary N) is 1. The van der Waals surface area contributed by atoms with Gasteiger partial charge in [-0.2, -0.15) is 0 Å². The van der Waals surface area contributed by atoms with Crippen molar-refractivity contribution in [1.29, 1.82) is 0 Å². The lowest BCUT2D eigenvalue weighted by Crippen LogP contribution is -2.43. The van der Waals surface area contributed by atoms with Gasteiger partial charge in [0.2, 0.25) is 5.91 Å². The summed E-state index contributed by atoms with van der Waals surface area (Å²) in [6.45, 7) is 9.92. The van der Waals surface area contributed by atoms with E-state index in [4.69, 9.17) is 4.74 Å². The molecule has 0 atom stereocenters. The normalized spacial score (nSPS) is 16.1. The Hall–Kier alpha value is -2.61. The molecule has 2 aromatic rings. The summed E-state index contributed by atoms with van der Waals surface area (Å²) in [4.78, 5) is 14.8. The van der Waals surface area contributed by atoms with Gasteiger partial charge in [0, 0.05) is 6.54 Å². The molecule has 1 amide bonds. The first-order valence-corrected chi connectivity index (χ1v) is 11.3. The molecule has 0 fully saturated rings. The van der Waals surface area contributed by atoms with Gasteiger partial charge in [0.15, 0.2) is 0 Å². The predicted octanol–water partition coefficient (Wildman–Crippen LogP) is 4.34. The summed E-state index contributed by atoms with van der Waals surface area (Å²) in [6.07, 6.45) is 0. The van der Waals surface area contributed by atoms with Crippen LogP contribution in [0.25, 0.3) is 0 Å². The van der Waals surface area contributed by atoms with E-state index < -0.39 is 21.3 Å². The van der Waals surface area contributed by atoms with Crippen molar-refractivity contribution in [2.45, 2.75) is 39.5 Å². The molecule has 0 spiro atoms. The molecule has 1 heterocycles. The first kappa shape index (κ1) is 22.1. The lowest BCUT2D eigenvalue weighted by molar-refractivity contribution is -0.127. The number of anilines is 2. The van der Waals surface area contributed by atoms with Crippen LogP contribution in [0.15, 0.2) is 41.3 Å². The Kier molecular flexibility index (Phi) is 5.82. The van der Waals surface area contributed by atoms with E-state index >= 15 is 0 Å². The number of fused-ring (bicyclic) bond motifs is 1. The van der Waals surface area contributed by atoms with E-state index in [0.717, 1.165) is 6.07 Å². The van der Waals surface area contributed by atoms with Crippen LogP contribution in [-0.2, 0) is 14.8 Å². The smallest absolute Gasteiger partial charge is 0.262 e. The van der Waals surface area contributed by atoms with Crippen LogP contribution in [0.3, 0.4) is 0 Å². The van der Waals surface area contributed by atoms with Gasteiger partial charge in [-0.15, -0.1) is 0 Å². The van der Waals surface area contributed by atoms with Crippen molar-refractivity contribution in [3.05, 3.63) is 47.8 Å². The molecule has 1 aliphatic heterocycles. The van der Waals surface area contributed by atoms with Gasteiger partial charge in [0.05, 0.1) is 21.7 Å². The summed E-state index contributed by atoms with van der Waals surface area (Å²) < 4.78 is 47.5. The first-order chi connectivity index (χ1) is 13.9. The number of ether oxygens (including phenoxy) is 1. The fourth-order valence-corrected chi connectivity index (χ4v) is 4.66. The molecule has 6 nitrogen and oxygen atoms in total. The van der Waals surface area contributed by atoms with Gasteiger partial charge in [0.25, 0.3) is 10.0 Å². The van der Waals surface area contributed by atoms with Gasteiger partial charge >= 0.3 is 0 Å². The fourth-order valence-electron chi connectivity index (χ4n) is 3.38. The number of amides is 1. The quantitative estimate of drug-likeness (QED) is 0.759. The van der Waals surface area contributed by atoms with E-state index in [1.165, 1.54) is 19.1 Å². The molecule has 0 aromatic heterocycles. The van der Waals surface area contributed by atoms with E-state index in [1.54, 1.807) is 23.1 Å². The van der Waals surface area contributed by atoms with E-state index in [2.05, 4.69) is 4.72 Å². The van der Waals surface area contributed by atoms with Gasteiger partial charge in [-0.3, -0.25) is 9.52 Å². The largest absolute Gasteiger partial charge is 0.490 e. The highest BCUT2D eigenvalue weighted by Crippen LogP contribution is 2.39. The van der Waals surface area contributed by atoms with Crippen LogP contribution in [0.5, 0.6) is 5.75 Å². The van der Waals surface area contributed by atoms with Crippen LogP contribution in [-0.4, -0.2) is 27.5 Å². The third kappa shape index (κ3) is 4.43. The highest BCUT2D eigenvalue weighted by Gasteiger charge is 2.38. The van der Waals surface area contributed by atoms with Crippen LogP contribution in [0, 0.1) is 24.1 Å². The maximum atomic E-state index is 13.4. The predicted molar refractivity (Wildman–Crippen MR) is 115 cm³/mol. The zero-order chi connectivity index (χ0) is 22.3. The third-order valence-electron chi connectivity index (χ3n) is 4.89. The lowest BCUT2D eigenvalue weighted by Gasteiger charge is -2.29. The van der Waals surface area contributed by atoms with E-state index in [9.17, 15) is 17.6 Å². The number of halogens is 1. The first-order valence-electron chi connectivity index (χ1n) is 9.78. The maximum Gasteiger partial charge on any atom is 0.262 e. The number of carbonyl (C=O) groups is 1. The Bertz CT molecular complexity index is 1080. The van der Waals surface area contributed by atoms with E-state index in [1.807, 2.05) is 27.7 Å². The zero-order valence-corrected chi connectivity index (χ0v) is 18.6. The summed E-state index contributed by atoms with van der Waals surface area (Å²) in [5.74, 6) is 0.150. The summed E-state index contributed by atoms with van der Waals surface area (Å²) in [7, 11) is -3.93. The Labute approximate surface area is 177 Å². The molecular weight excluding hydrogens is 407 g/mol. The Morgan fingerprint density at radius 1 is 1.20 bits per heavy atom. The molecule has 0 saturated carbocycles. The minimum Gasteiger partial charge on any atom is -0.490 e. The number of carbonyl (C=O) groups excluding carboxylic acids is 1. The van der Waals surface area contributed by atoms with Crippen molar-refractivity contribution in [3.8, 4) is 5.75 Å². The third-order valence-corrected chi connectivity index (χ3v) is 6.43. The summed E-state index contributed by atoms with van der Waals surface area (Å²) in [5, 5.41) is 0. The molecule has 0 radical (unpaired) electrons. The number of aryl methyl sites for hydroxylation is 1. The number of rotatable bonds is 5. The zero-order valence-electron chi connectivity index (χ0n) is 17.8. The fraction of sp³-hybridized carbons (Fsp3) is 0.409. The van der Waals surface area contributed by atoms with Gasteiger partial charge in [0.1, 0.15) is 18.2 Å². The highest BCUT2D eigenvalue weighted by atomic mass is 32.2. The molecule has 1 N–H and O–H groups in total. The number of hydrogen-bond acceptors (Lipinski definition) is 4. The average Bonchev–Trinajstić information content (AvgIpc) is 2.71. The molecule has 8 heteroatoms. The molecule has 2 aromatic carbocycles. The standard InChI is InChI=1S/C22H27FN2O4S/c1-14(2)12-25-18-11-17(7-8-19(18)29-13-22(4,5)21(25)26)24-30(27,28)20-9-6-16(23)10-15(20)3/h6-11,14,24H,12-13H2,1-5H3. The second-order valence-corrected chi connectivity index (χ2v) is 10.3. The molecule has 0 aliphatic carbocycles. The number of sulfonamides is 1. The van der Waals surface area contributed by atoms with Crippen LogP contribution < -0.4 is 14.4 Å². The maximum absolute atomic E-state index is 13.4.